The maximum atomic E-state index is 5.40. The zero-order valence-electron chi connectivity index (χ0n) is 17.3. The van der Waals surface area contributed by atoms with Crippen LogP contribution in [0.1, 0.15) is 5.69 Å². The molecule has 4 heteroatoms. The minimum Gasteiger partial charge on any atom is -0.497 e. The van der Waals surface area contributed by atoms with Gasteiger partial charge in [-0.3, -0.25) is 0 Å². The van der Waals surface area contributed by atoms with Crippen LogP contribution in [-0.4, -0.2) is 14.2 Å². The van der Waals surface area contributed by atoms with Crippen LogP contribution in [0.2, 0.25) is 0 Å². The fourth-order valence-electron chi connectivity index (χ4n) is 3.90. The molecule has 3 aromatic carbocycles. The normalized spacial score (nSPS) is 14.4. The zero-order chi connectivity index (χ0) is 20.7. The lowest BCUT2D eigenvalue weighted by Crippen LogP contribution is -2.31. The Balaban J connectivity index is 1.56. The first-order valence-corrected chi connectivity index (χ1v) is 10.7. The number of nitrogens with zero attached hydrogens (tertiary/aromatic N) is 2. The number of methoxy groups -OCH3 is 1. The molecule has 0 unspecified atom stereocenters. The molecule has 0 atom stereocenters. The number of anilines is 1. The molecule has 5 rings (SSSR count). The average Bonchev–Trinajstić information content (AvgIpc) is 3.09. The van der Waals surface area contributed by atoms with E-state index in [2.05, 4.69) is 103 Å². The van der Waals surface area contributed by atoms with Crippen molar-refractivity contribution in [3.63, 3.8) is 0 Å². The van der Waals surface area contributed by atoms with E-state index < -0.39 is 0 Å². The molecule has 3 nitrogen and oxygen atoms in total. The fraction of sp³-hybridized carbons (Fsp3) is 0.115. The Morgan fingerprint density at radius 1 is 0.967 bits per heavy atom. The average molecular weight is 412 g/mol. The van der Waals surface area contributed by atoms with Crippen LogP contribution >= 0.6 is 11.8 Å². The Bertz CT molecular complexity index is 1290. The SMILES string of the molecule is COc1ccc2c(c1)N(C)/C(=C/c1cc(-c3cccc4ccccc34)cc[n+]1C)S2. The van der Waals surface area contributed by atoms with Crippen LogP contribution in [0, 0.1) is 0 Å². The van der Waals surface area contributed by atoms with E-state index in [0.29, 0.717) is 0 Å². The molecule has 2 heterocycles. The van der Waals surface area contributed by atoms with Crippen LogP contribution in [0.25, 0.3) is 28.0 Å². The van der Waals surface area contributed by atoms with E-state index in [9.17, 15) is 0 Å². The van der Waals surface area contributed by atoms with E-state index in [1.165, 1.54) is 37.5 Å². The molecule has 0 saturated heterocycles. The number of rotatable bonds is 3. The zero-order valence-corrected chi connectivity index (χ0v) is 18.1. The van der Waals surface area contributed by atoms with E-state index in [1.807, 2.05) is 6.07 Å². The van der Waals surface area contributed by atoms with Gasteiger partial charge in [-0.15, -0.1) is 0 Å². The third kappa shape index (κ3) is 3.23. The van der Waals surface area contributed by atoms with Crippen molar-refractivity contribution < 1.29 is 9.30 Å². The molecule has 0 fully saturated rings. The Hall–Kier alpha value is -3.24. The maximum Gasteiger partial charge on any atom is 0.208 e. The third-order valence-electron chi connectivity index (χ3n) is 5.63. The lowest BCUT2D eigenvalue weighted by molar-refractivity contribution is -0.673. The summed E-state index contributed by atoms with van der Waals surface area (Å²) < 4.78 is 7.57. The van der Waals surface area contributed by atoms with Crippen molar-refractivity contribution in [1.82, 2.24) is 0 Å². The third-order valence-corrected chi connectivity index (χ3v) is 6.80. The van der Waals surface area contributed by atoms with E-state index >= 15 is 0 Å². The first kappa shape index (κ1) is 18.8. The largest absolute Gasteiger partial charge is 0.497 e. The highest BCUT2D eigenvalue weighted by Crippen LogP contribution is 2.47. The minimum atomic E-state index is 0.881. The van der Waals surface area contributed by atoms with Gasteiger partial charge in [-0.2, -0.15) is 0 Å². The molecule has 0 N–H and O–H groups in total. The number of fused-ring (bicyclic) bond motifs is 2. The Morgan fingerprint density at radius 2 is 1.80 bits per heavy atom. The monoisotopic (exact) mass is 411 g/mol. The van der Waals surface area contributed by atoms with Gasteiger partial charge >= 0.3 is 0 Å². The summed E-state index contributed by atoms with van der Waals surface area (Å²) in [7, 11) is 5.91. The van der Waals surface area contributed by atoms with Crippen molar-refractivity contribution >= 4 is 34.3 Å². The van der Waals surface area contributed by atoms with Crippen molar-refractivity contribution in [1.29, 1.82) is 0 Å². The topological polar surface area (TPSA) is 16.4 Å². The summed E-state index contributed by atoms with van der Waals surface area (Å²) >= 11 is 1.79. The van der Waals surface area contributed by atoms with Crippen LogP contribution in [0.4, 0.5) is 5.69 Å². The van der Waals surface area contributed by atoms with Crippen molar-refractivity contribution in [2.75, 3.05) is 19.1 Å². The number of pyridine rings is 1. The van der Waals surface area contributed by atoms with Crippen LogP contribution in [0.15, 0.2) is 88.9 Å². The van der Waals surface area contributed by atoms with Crippen molar-refractivity contribution in [3.05, 3.63) is 89.7 Å². The summed E-state index contributed by atoms with van der Waals surface area (Å²) in [6, 6.07) is 25.8. The highest BCUT2D eigenvalue weighted by atomic mass is 32.2. The number of hydrogen-bond acceptors (Lipinski definition) is 3. The lowest BCUT2D eigenvalue weighted by Gasteiger charge is -2.14. The van der Waals surface area contributed by atoms with Gasteiger partial charge in [-0.05, 0) is 34.0 Å². The molecule has 1 aliphatic rings. The Labute approximate surface area is 181 Å². The van der Waals surface area contributed by atoms with E-state index in [1.54, 1.807) is 18.9 Å². The highest BCUT2D eigenvalue weighted by molar-refractivity contribution is 8.03. The summed E-state index contributed by atoms with van der Waals surface area (Å²) in [6.45, 7) is 0. The van der Waals surface area contributed by atoms with Crippen LogP contribution in [0.3, 0.4) is 0 Å². The smallest absolute Gasteiger partial charge is 0.208 e. The van der Waals surface area contributed by atoms with Gasteiger partial charge in [0, 0.05) is 36.2 Å². The van der Waals surface area contributed by atoms with E-state index in [-0.39, 0.29) is 0 Å². The molecule has 0 amide bonds. The summed E-state index contributed by atoms with van der Waals surface area (Å²) in [6.07, 6.45) is 4.39. The number of hydrogen-bond donors (Lipinski definition) is 0. The van der Waals surface area contributed by atoms with Crippen molar-refractivity contribution in [3.8, 4) is 16.9 Å². The number of aromatic nitrogens is 1. The Morgan fingerprint density at radius 3 is 2.67 bits per heavy atom. The summed E-state index contributed by atoms with van der Waals surface area (Å²) in [5, 5.41) is 3.74. The number of ether oxygens (including phenoxy) is 1. The minimum absolute atomic E-state index is 0.881. The molecule has 1 aromatic heterocycles. The lowest BCUT2D eigenvalue weighted by atomic mass is 9.98. The second-order valence-corrected chi connectivity index (χ2v) is 8.52. The fourth-order valence-corrected chi connectivity index (χ4v) is 4.98. The van der Waals surface area contributed by atoms with Gasteiger partial charge in [0.15, 0.2) is 6.20 Å². The van der Waals surface area contributed by atoms with Crippen molar-refractivity contribution in [2.45, 2.75) is 4.90 Å². The quantitative estimate of drug-likeness (QED) is 0.392. The molecule has 0 aliphatic carbocycles. The molecule has 0 bridgehead atoms. The summed E-state index contributed by atoms with van der Waals surface area (Å²) in [4.78, 5) is 3.48. The molecule has 1 aliphatic heterocycles. The number of benzene rings is 3. The number of aryl methyl sites for hydroxylation is 1. The molecular formula is C26H23N2OS+. The van der Waals surface area contributed by atoms with Gasteiger partial charge in [0.2, 0.25) is 5.69 Å². The molecule has 0 saturated carbocycles. The van der Waals surface area contributed by atoms with Crippen LogP contribution in [0.5, 0.6) is 5.75 Å². The van der Waals surface area contributed by atoms with Crippen LogP contribution < -0.4 is 14.2 Å². The van der Waals surface area contributed by atoms with Gasteiger partial charge in [-0.1, -0.05) is 54.2 Å². The van der Waals surface area contributed by atoms with Gasteiger partial charge < -0.3 is 9.64 Å². The molecular weight excluding hydrogens is 388 g/mol. The molecule has 0 radical (unpaired) electrons. The van der Waals surface area contributed by atoms with E-state index in [4.69, 9.17) is 4.74 Å². The predicted molar refractivity (Wildman–Crippen MR) is 126 cm³/mol. The number of thioether (sulfide) groups is 1. The Kier molecular flexibility index (Phi) is 4.72. The van der Waals surface area contributed by atoms with E-state index in [0.717, 1.165) is 11.4 Å². The second kappa shape index (κ2) is 7.54. The molecule has 148 valence electrons. The van der Waals surface area contributed by atoms with Gasteiger partial charge in [-0.25, -0.2) is 4.57 Å². The molecule has 30 heavy (non-hydrogen) atoms. The standard InChI is InChI=1S/C26H23N2OS/c1-27-14-13-19(23-10-6-8-18-7-4-5-9-22(18)23)15-20(27)16-26-28(2)24-17-21(29-3)11-12-25(24)30-26/h4-17H,1-3H3/q+1. The first-order chi connectivity index (χ1) is 14.6. The molecule has 0 spiro atoms. The molecule has 4 aromatic rings. The maximum absolute atomic E-state index is 5.40. The van der Waals surface area contributed by atoms with Gasteiger partial charge in [0.25, 0.3) is 0 Å². The first-order valence-electron chi connectivity index (χ1n) is 9.93. The van der Waals surface area contributed by atoms with Crippen molar-refractivity contribution in [2.24, 2.45) is 7.05 Å². The second-order valence-electron chi connectivity index (χ2n) is 7.46. The predicted octanol–water partition coefficient (Wildman–Crippen LogP) is 5.88. The van der Waals surface area contributed by atoms with Gasteiger partial charge in [0.05, 0.1) is 17.8 Å². The highest BCUT2D eigenvalue weighted by Gasteiger charge is 2.24. The summed E-state index contributed by atoms with van der Waals surface area (Å²) in [5.41, 5.74) is 4.82. The summed E-state index contributed by atoms with van der Waals surface area (Å²) in [5.74, 6) is 0.881. The van der Waals surface area contributed by atoms with Crippen LogP contribution in [-0.2, 0) is 7.05 Å². The van der Waals surface area contributed by atoms with Gasteiger partial charge in [0.1, 0.15) is 12.8 Å².